The number of nitrogen functional groups attached to an aromatic ring is 6. The maximum Gasteiger partial charge on any atom is 0.379 e. The molecular formula is C85H97Br4Cl6N24O26P3. The number of aromatic amines is 2. The summed E-state index contributed by atoms with van der Waals surface area (Å²) in [7, 11) is -11.5. The molecule has 15 heterocycles. The lowest BCUT2D eigenvalue weighted by atomic mass is 10.1. The first-order chi connectivity index (χ1) is 69.7. The number of nitrogens with one attached hydrogen (secondary N) is 2. The molecule has 0 aliphatic carbocycles. The maximum absolute atomic E-state index is 13.7. The van der Waals surface area contributed by atoms with Crippen LogP contribution in [0.25, 0.3) is 28.0 Å². The summed E-state index contributed by atoms with van der Waals surface area (Å²) in [5.74, 6) is -1.07. The highest BCUT2D eigenvalue weighted by atomic mass is 79.9. The Bertz CT molecular complexity index is 7250. The quantitative estimate of drug-likeness (QED) is 0.0142. The third kappa shape index (κ3) is 24.8. The first kappa shape index (κ1) is 115. The van der Waals surface area contributed by atoms with Crippen LogP contribution in [-0.4, -0.2) is 273 Å². The largest absolute Gasteiger partial charge is 0.424 e. The van der Waals surface area contributed by atoms with Gasteiger partial charge in [0.25, 0.3) is 11.1 Å². The summed E-state index contributed by atoms with van der Waals surface area (Å²) in [6, 6.07) is 32.4. The molecule has 5 fully saturated rings. The standard InChI is InChI=1S/C22H25Br2N4O6P.C21H25Cl2N6O6P.C21H24Cl2N5O7P.C11H12Br2N4O3.C10H11Cl2N5O4/c1-13(14(2)29)11-35(31,34-15-6-4-3-5-7-15)32-10-18-19(30)22(23,24)20(33-18)16-8-9-17-21(25)26-12-27-28(16)17;1-11(12(2)30)10-36(32,35-13-6-4-3-5-7-13)33-9-15-16(31)21(22,23)17(34-15)14-8-26-19-18(24)27-20(25)28-29(14)19;1-11(12(2)29)10-36(32,35-13-6-4-3-5-7-13)33-9-15-16(30)21(22,23)17(34-15)14-8-25-18-19(31)26-20(24)27-28(14)18;12-11(13)8(19)7(3-18)20-9(11)5-1-2-6-10(14)15-4-16-17(5)6;11-10(12)5(19)4(2-18)21-6(10)3-1-14-7-8(20)15-9(13)16-17(3)7/h3-9,12-13,18-20,30H,10-11H2,1-2H3,(H2,25,26,27);3-8,11,15-17,31H,9-10H2,1-2H3,(H4,24,25,27,28);3-8,11,15-17,30H,9-10H2,1-2H3,(H3,24,26,27,31);1-2,4,7-9,18-19H,3H2,(H2,14,15,16);1,4-6,18-19H,2H2,(H3,13,15,16,20)/t13-,18-,19+,20+,35?;2*11-,15-,16+,17+,36?;7-,8+,9+;4-,5+,6+/m11111/s1. The predicted octanol–water partition coefficient (Wildman–Crippen LogP) is 8.94. The maximum atomic E-state index is 13.7. The number of hydrogen-bond acceptors (Lipinski definition) is 43. The topological polar surface area (TPSA) is 731 Å². The van der Waals surface area contributed by atoms with E-state index in [0.717, 1.165) is 9.03 Å². The van der Waals surface area contributed by atoms with Gasteiger partial charge in [0.2, 0.25) is 29.1 Å². The Morgan fingerprint density at radius 1 is 0.412 bits per heavy atom. The van der Waals surface area contributed by atoms with Crippen LogP contribution in [0, 0.1) is 17.8 Å². The van der Waals surface area contributed by atoms with Gasteiger partial charge in [-0.15, -0.1) is 15.3 Å². The predicted molar refractivity (Wildman–Crippen MR) is 553 cm³/mol. The number of nitrogens with zero attached hydrogens (tertiary/aromatic N) is 16. The molecule has 13 aromatic rings. The van der Waals surface area contributed by atoms with Crippen LogP contribution in [0.4, 0.5) is 35.3 Å². The van der Waals surface area contributed by atoms with Crippen molar-refractivity contribution in [1.82, 2.24) is 87.9 Å². The van der Waals surface area contributed by atoms with Crippen LogP contribution in [0.1, 0.15) is 101 Å². The number of ketones is 3. The van der Waals surface area contributed by atoms with Crippen molar-refractivity contribution in [3.8, 4) is 17.2 Å². The fraction of sp³-hybridized carbons (Fsp3) is 0.435. The van der Waals surface area contributed by atoms with Crippen LogP contribution in [0.2, 0.25) is 0 Å². The van der Waals surface area contributed by atoms with Crippen molar-refractivity contribution >= 4 is 237 Å². The molecule has 3 aromatic carbocycles. The number of aliphatic hydroxyl groups excluding tert-OH is 7. The van der Waals surface area contributed by atoms with Gasteiger partial charge in [-0.25, -0.2) is 61.2 Å². The second kappa shape index (κ2) is 46.6. The van der Waals surface area contributed by atoms with Gasteiger partial charge in [-0.1, -0.05) is 209 Å². The zero-order valence-corrected chi connectivity index (χ0v) is 91.6. The number of nitrogens with two attached hydrogens (primary N) is 6. The summed E-state index contributed by atoms with van der Waals surface area (Å²) < 4.78 is 103. The average molecular weight is 2500 g/mol. The van der Waals surface area contributed by atoms with E-state index in [2.05, 4.69) is 129 Å². The molecule has 5 aliphatic heterocycles. The van der Waals surface area contributed by atoms with E-state index in [0.29, 0.717) is 45.6 Å². The molecule has 5 aliphatic rings. The molecule has 0 amide bonds. The van der Waals surface area contributed by atoms with Gasteiger partial charge in [-0.05, 0) is 81.4 Å². The first-order valence-corrected chi connectivity index (χ1v) is 54.9. The Labute approximate surface area is 901 Å². The molecule has 5 saturated heterocycles. The number of anilines is 6. The fourth-order valence-corrected chi connectivity index (χ4v) is 25.9. The molecule has 0 saturated carbocycles. The second-order valence-corrected chi connectivity index (χ2v) is 52.2. The lowest BCUT2D eigenvalue weighted by molar-refractivity contribution is -0.120. The summed E-state index contributed by atoms with van der Waals surface area (Å²) in [5, 5.41) is 91.7. The van der Waals surface area contributed by atoms with Gasteiger partial charge in [0, 0.05) is 17.8 Å². The number of Topliss-reactive ketones (excluding diaryl/α,β-unsaturated/α-hetero) is 3. The Hall–Kier alpha value is -8.89. The van der Waals surface area contributed by atoms with Gasteiger partial charge in [0.1, 0.15) is 156 Å². The Morgan fingerprint density at radius 2 is 0.709 bits per heavy atom. The molecule has 21 N–H and O–H groups in total. The highest BCUT2D eigenvalue weighted by Gasteiger charge is 2.61. The van der Waals surface area contributed by atoms with Crippen LogP contribution in [0.15, 0.2) is 156 Å². The SMILES string of the molecule is CC(=O)[C@H](C)CP(=O)(OC[C@H]1O[C@@H](c2ccc3c(N)ncnn23)C(Br)(Br)[C@H]1O)Oc1ccccc1.CC(=O)[C@H](C)CP(=O)(OC[C@H]1O[C@@H](c2cnc3c(=O)[nH]c(N)nn23)C(Cl)(Cl)[C@H]1O)Oc1ccccc1.CC(=O)[C@H](C)CP(=O)(OC[C@H]1O[C@@H](c2cnc3c(N)nc(N)nn23)C(Cl)(Cl)[C@H]1O)Oc1ccccc1.Nc1ncnn2c([C@@H]3O[C@H](CO)[C@H](O)C3(Br)Br)ccc12.Nc1nn2c([C@@H]3O[C@H](CO)[C@H](O)C3(Cl)Cl)cnc2c(=O)[nH]1. The fourth-order valence-electron chi connectivity index (χ4n) is 15.6. The lowest BCUT2D eigenvalue weighted by Gasteiger charge is -2.25. The van der Waals surface area contributed by atoms with E-state index in [1.54, 1.807) is 145 Å². The zero-order valence-electron chi connectivity index (χ0n) is 78.0. The summed E-state index contributed by atoms with van der Waals surface area (Å²) in [5.41, 5.74) is 36.6. The van der Waals surface area contributed by atoms with E-state index >= 15 is 0 Å². The van der Waals surface area contributed by atoms with Gasteiger partial charge in [0.15, 0.2) is 36.1 Å². The molecule has 3 unspecified atom stereocenters. The number of para-hydroxylation sites is 3. The van der Waals surface area contributed by atoms with E-state index < -0.39 is 183 Å². The molecule has 798 valence electrons. The number of rotatable bonds is 31. The number of ether oxygens (including phenoxy) is 5. The minimum absolute atomic E-state index is 0.0196. The number of hydrogen-bond donors (Lipinski definition) is 15. The Balaban J connectivity index is 0.000000149. The van der Waals surface area contributed by atoms with Crippen molar-refractivity contribution in [2.75, 3.05) is 85.9 Å². The number of imidazole rings is 3. The minimum atomic E-state index is -3.89. The zero-order chi connectivity index (χ0) is 108. The van der Waals surface area contributed by atoms with Crippen LogP contribution < -0.4 is 59.1 Å². The molecule has 21 atom stereocenters. The summed E-state index contributed by atoms with van der Waals surface area (Å²) in [6.45, 7) is 7.26. The van der Waals surface area contributed by atoms with Crippen LogP contribution in [0.5, 0.6) is 17.2 Å². The first-order valence-electron chi connectivity index (χ1n) is 44.3. The molecule has 148 heavy (non-hydrogen) atoms. The number of fused-ring (bicyclic) bond motifs is 5. The van der Waals surface area contributed by atoms with Crippen molar-refractivity contribution in [3.63, 3.8) is 0 Å². The van der Waals surface area contributed by atoms with E-state index in [-0.39, 0.29) is 112 Å². The number of aromatic nitrogens is 18. The smallest absolute Gasteiger partial charge is 0.379 e. The molecule has 0 bridgehead atoms. The number of H-pyrrole nitrogens is 2. The van der Waals surface area contributed by atoms with Crippen molar-refractivity contribution in [3.05, 3.63) is 196 Å². The van der Waals surface area contributed by atoms with Crippen molar-refractivity contribution in [2.24, 2.45) is 17.8 Å². The molecule has 50 nitrogen and oxygen atoms in total. The van der Waals surface area contributed by atoms with E-state index in [1.807, 2.05) is 0 Å². The van der Waals surface area contributed by atoms with Gasteiger partial charge in [0.05, 0.1) is 98.6 Å². The number of carbonyl (C=O) groups excluding carboxylic acids is 3. The Kier molecular flexibility index (Phi) is 36.1. The highest BCUT2D eigenvalue weighted by Crippen LogP contribution is 2.60. The van der Waals surface area contributed by atoms with Gasteiger partial charge >= 0.3 is 22.8 Å². The van der Waals surface area contributed by atoms with E-state index in [4.69, 9.17) is 155 Å². The van der Waals surface area contributed by atoms with Gasteiger partial charge in [-0.2, -0.15) is 15.2 Å². The van der Waals surface area contributed by atoms with Gasteiger partial charge < -0.3 is 107 Å². The van der Waals surface area contributed by atoms with Gasteiger partial charge in [-0.3, -0.25) is 47.5 Å². The normalized spacial score (nSPS) is 25.3. The van der Waals surface area contributed by atoms with Crippen LogP contribution in [0.3, 0.4) is 0 Å². The molecule has 0 radical (unpaired) electrons. The number of halogens is 10. The lowest BCUT2D eigenvalue weighted by Crippen LogP contribution is -2.37. The van der Waals surface area contributed by atoms with Crippen LogP contribution >= 0.6 is 156 Å². The van der Waals surface area contributed by atoms with E-state index in [9.17, 15) is 73.4 Å². The Morgan fingerprint density at radius 3 is 1.04 bits per heavy atom. The van der Waals surface area contributed by atoms with Crippen molar-refractivity contribution in [2.45, 2.75) is 153 Å². The number of aliphatic hydroxyl groups is 7. The third-order valence-electron chi connectivity index (χ3n) is 23.9. The summed E-state index contributed by atoms with van der Waals surface area (Å²) in [6.07, 6.45) is -9.66. The summed E-state index contributed by atoms with van der Waals surface area (Å²) in [4.78, 5) is 87.8. The van der Waals surface area contributed by atoms with E-state index in [1.165, 1.54) is 56.5 Å². The van der Waals surface area contributed by atoms with Crippen LogP contribution in [-0.2, 0) is 65.3 Å². The number of alkyl halides is 10. The molecule has 0 spiro atoms. The second-order valence-electron chi connectivity index (χ2n) is 34.4. The molecular weight excluding hydrogens is 2400 g/mol. The molecule has 10 aromatic heterocycles. The third-order valence-corrected chi connectivity index (χ3v) is 36.0. The monoisotopic (exact) mass is 2490 g/mol. The number of carbonyl (C=O) groups is 3. The highest BCUT2D eigenvalue weighted by molar-refractivity contribution is 9.25. The van der Waals surface area contributed by atoms with Crippen molar-refractivity contribution in [1.29, 1.82) is 0 Å². The molecule has 63 heteroatoms. The summed E-state index contributed by atoms with van der Waals surface area (Å²) >= 11 is 52.1. The molecule has 18 rings (SSSR count). The average Bonchev–Trinajstić information content (AvgIpc) is 1.62. The minimum Gasteiger partial charge on any atom is -0.424 e. The number of benzene rings is 3. The van der Waals surface area contributed by atoms with Crippen molar-refractivity contribution < 1.29 is 115 Å².